The molecule has 5 rings (SSSR count). The third kappa shape index (κ3) is 7.60. The highest BCUT2D eigenvalue weighted by Gasteiger charge is 2.58. The number of rotatable bonds is 10. The maximum absolute atomic E-state index is 11.5. The molecule has 0 radical (unpaired) electrons. The lowest BCUT2D eigenvalue weighted by atomic mass is 9.74. The average Bonchev–Trinajstić information content (AvgIpc) is 3.14. The Kier molecular flexibility index (Phi) is 11.1. The second-order valence-electron chi connectivity index (χ2n) is 18.2. The maximum Gasteiger partial charge on any atom is 0.261 e. The van der Waals surface area contributed by atoms with Crippen molar-refractivity contribution in [2.75, 3.05) is 6.61 Å². The Bertz CT molecular complexity index is 1440. The molecular weight excluding hydrogens is 657 g/mol. The van der Waals surface area contributed by atoms with Crippen LogP contribution >= 0.6 is 0 Å². The van der Waals surface area contributed by atoms with Crippen LogP contribution in [0.5, 0.6) is 0 Å². The average molecular weight is 721 g/mol. The summed E-state index contributed by atoms with van der Waals surface area (Å²) in [6.07, 6.45) is 7.33. The van der Waals surface area contributed by atoms with E-state index in [2.05, 4.69) is 148 Å². The molecule has 3 aliphatic rings. The van der Waals surface area contributed by atoms with E-state index in [1.807, 2.05) is 13.0 Å². The Balaban J connectivity index is 1.55. The van der Waals surface area contributed by atoms with Crippen molar-refractivity contribution in [2.24, 2.45) is 0 Å². The van der Waals surface area contributed by atoms with Crippen molar-refractivity contribution in [2.45, 2.75) is 158 Å². The van der Waals surface area contributed by atoms with Crippen molar-refractivity contribution >= 4 is 27.0 Å². The highest BCUT2D eigenvalue weighted by Crippen LogP contribution is 2.48. The van der Waals surface area contributed by atoms with E-state index >= 15 is 0 Å². The van der Waals surface area contributed by atoms with Gasteiger partial charge < -0.3 is 28.2 Å². The van der Waals surface area contributed by atoms with Gasteiger partial charge in [0, 0.05) is 12.8 Å². The van der Waals surface area contributed by atoms with E-state index in [0.717, 1.165) is 6.42 Å². The van der Waals surface area contributed by atoms with Gasteiger partial charge in [-0.2, -0.15) is 0 Å². The normalized spacial score (nSPS) is 33.6. The molecule has 3 heterocycles. The molecule has 8 heteroatoms. The van der Waals surface area contributed by atoms with Crippen molar-refractivity contribution in [3.05, 3.63) is 85.5 Å². The fraction of sp³-hybridized carbons (Fsp3) is 0.619. The molecule has 0 aliphatic carbocycles. The minimum Gasteiger partial charge on any atom is -0.405 e. The SMILES string of the molecule is C=CCC[C@@H]1O[C@@H]2C[C@@H]3O[C@H](CO[Si](c4ccccc4)(c4ccccc4)C(C)(C)C)[C@@](C)(O[Si](C)(C)C(C)(C)C)C=C[C@H]3O[C@@]2(C)C[C@@]1(C)O. The van der Waals surface area contributed by atoms with E-state index in [1.165, 1.54) is 10.4 Å². The lowest BCUT2D eigenvalue weighted by Gasteiger charge is -2.55. The summed E-state index contributed by atoms with van der Waals surface area (Å²) in [6.45, 7) is 28.7. The summed E-state index contributed by atoms with van der Waals surface area (Å²) in [5, 5.41) is 13.8. The number of ether oxygens (including phenoxy) is 3. The summed E-state index contributed by atoms with van der Waals surface area (Å²) in [7, 11) is -5.16. The van der Waals surface area contributed by atoms with Crippen molar-refractivity contribution in [3.63, 3.8) is 0 Å². The number of benzene rings is 2. The van der Waals surface area contributed by atoms with Gasteiger partial charge in [0.1, 0.15) is 17.8 Å². The van der Waals surface area contributed by atoms with E-state index in [4.69, 9.17) is 23.1 Å². The molecule has 6 nitrogen and oxygen atoms in total. The van der Waals surface area contributed by atoms with Crippen molar-refractivity contribution in [1.82, 2.24) is 0 Å². The number of allylic oxidation sites excluding steroid dienone is 1. The Morgan fingerprint density at radius 3 is 1.98 bits per heavy atom. The smallest absolute Gasteiger partial charge is 0.261 e. The number of hydrogen-bond acceptors (Lipinski definition) is 6. The molecule has 0 spiro atoms. The molecule has 0 bridgehead atoms. The third-order valence-corrected chi connectivity index (χ3v) is 21.6. The highest BCUT2D eigenvalue weighted by atomic mass is 28.4. The van der Waals surface area contributed by atoms with Gasteiger partial charge in [0.15, 0.2) is 8.32 Å². The number of fused-ring (bicyclic) bond motifs is 2. The summed E-state index contributed by atoms with van der Waals surface area (Å²) < 4.78 is 35.8. The van der Waals surface area contributed by atoms with Gasteiger partial charge in [-0.1, -0.05) is 120 Å². The van der Waals surface area contributed by atoms with Crippen LogP contribution in [0.2, 0.25) is 23.2 Å². The molecule has 50 heavy (non-hydrogen) atoms. The lowest BCUT2D eigenvalue weighted by molar-refractivity contribution is -0.307. The molecule has 0 unspecified atom stereocenters. The minimum atomic E-state index is -2.87. The van der Waals surface area contributed by atoms with Gasteiger partial charge in [-0.15, -0.1) is 6.58 Å². The minimum absolute atomic E-state index is 0.00882. The van der Waals surface area contributed by atoms with Crippen LogP contribution in [-0.4, -0.2) is 75.7 Å². The van der Waals surface area contributed by atoms with Crippen molar-refractivity contribution in [3.8, 4) is 0 Å². The molecular formula is C42H64O6Si2. The zero-order valence-corrected chi connectivity index (χ0v) is 34.6. The Labute approximate surface area is 304 Å². The van der Waals surface area contributed by atoms with E-state index in [9.17, 15) is 5.11 Å². The van der Waals surface area contributed by atoms with Gasteiger partial charge in [0.2, 0.25) is 0 Å². The Morgan fingerprint density at radius 2 is 1.46 bits per heavy atom. The first-order chi connectivity index (χ1) is 23.2. The van der Waals surface area contributed by atoms with Crippen LogP contribution in [-0.2, 0) is 23.1 Å². The maximum atomic E-state index is 11.5. The molecule has 2 aromatic carbocycles. The summed E-state index contributed by atoms with van der Waals surface area (Å²) in [5.41, 5.74) is -2.45. The van der Waals surface area contributed by atoms with E-state index in [0.29, 0.717) is 25.9 Å². The van der Waals surface area contributed by atoms with Crippen LogP contribution in [0.15, 0.2) is 85.5 Å². The lowest BCUT2D eigenvalue weighted by Crippen LogP contribution is -2.68. The first-order valence-corrected chi connectivity index (χ1v) is 23.5. The van der Waals surface area contributed by atoms with Crippen LogP contribution in [0.25, 0.3) is 0 Å². The zero-order valence-electron chi connectivity index (χ0n) is 32.6. The topological polar surface area (TPSA) is 66.4 Å². The first kappa shape index (κ1) is 39.3. The predicted molar refractivity (Wildman–Crippen MR) is 209 cm³/mol. The van der Waals surface area contributed by atoms with E-state index in [1.54, 1.807) is 0 Å². The molecule has 2 saturated heterocycles. The number of hydrogen-bond donors (Lipinski definition) is 1. The van der Waals surface area contributed by atoms with Gasteiger partial charge in [-0.25, -0.2) is 0 Å². The van der Waals surface area contributed by atoms with Gasteiger partial charge in [0.05, 0.1) is 36.1 Å². The van der Waals surface area contributed by atoms with Crippen LogP contribution in [0.1, 0.15) is 88.0 Å². The van der Waals surface area contributed by atoms with Gasteiger partial charge in [-0.05, 0) is 67.2 Å². The molecule has 0 amide bonds. The fourth-order valence-electron chi connectivity index (χ4n) is 8.23. The monoisotopic (exact) mass is 720 g/mol. The summed E-state index contributed by atoms with van der Waals surface area (Å²) in [4.78, 5) is 0. The highest BCUT2D eigenvalue weighted by molar-refractivity contribution is 6.99. The number of aliphatic hydroxyl groups is 1. The molecule has 2 fully saturated rings. The largest absolute Gasteiger partial charge is 0.405 e. The van der Waals surface area contributed by atoms with Crippen molar-refractivity contribution < 1.29 is 28.2 Å². The predicted octanol–water partition coefficient (Wildman–Crippen LogP) is 8.09. The van der Waals surface area contributed by atoms with Crippen LogP contribution in [0.3, 0.4) is 0 Å². The van der Waals surface area contributed by atoms with Gasteiger partial charge in [-0.3, -0.25) is 0 Å². The molecule has 0 aromatic heterocycles. The van der Waals surface area contributed by atoms with E-state index < -0.39 is 39.5 Å². The third-order valence-electron chi connectivity index (χ3n) is 12.0. The molecule has 276 valence electrons. The second-order valence-corrected chi connectivity index (χ2v) is 27.2. The van der Waals surface area contributed by atoms with Gasteiger partial charge >= 0.3 is 0 Å². The second kappa shape index (κ2) is 14.2. The van der Waals surface area contributed by atoms with Crippen molar-refractivity contribution in [1.29, 1.82) is 0 Å². The molecule has 1 N–H and O–H groups in total. The van der Waals surface area contributed by atoms with Crippen LogP contribution < -0.4 is 10.4 Å². The zero-order chi connectivity index (χ0) is 36.8. The summed E-state index contributed by atoms with van der Waals surface area (Å²) >= 11 is 0. The van der Waals surface area contributed by atoms with Crippen LogP contribution in [0.4, 0.5) is 0 Å². The van der Waals surface area contributed by atoms with Crippen LogP contribution in [0, 0.1) is 0 Å². The molecule has 8 atom stereocenters. The summed E-state index contributed by atoms with van der Waals surface area (Å²) in [5.74, 6) is 0. The first-order valence-electron chi connectivity index (χ1n) is 18.6. The van der Waals surface area contributed by atoms with Gasteiger partial charge in [0.25, 0.3) is 8.32 Å². The summed E-state index contributed by atoms with van der Waals surface area (Å²) in [6, 6.07) is 21.6. The Hall–Kier alpha value is -1.89. The molecule has 0 saturated carbocycles. The quantitative estimate of drug-likeness (QED) is 0.198. The van der Waals surface area contributed by atoms with E-state index in [-0.39, 0.29) is 34.5 Å². The standard InChI is InChI=1S/C42H64O6Si2/c1-13-14-25-35-40(8,43)30-42(10)36(46-35)28-34-33(47-42)26-27-41(9,48-49(11,12)38(2,3)4)37(45-34)29-44-50(39(5,6)7,31-21-17-15-18-22-31)32-23-19-16-20-24-32/h13,15-24,26-27,33-37,43H,1,14,25,28-30H2,2-12H3/t33-,34+,35+,36-,37-,40-,41+,42+/m1/s1. The molecule has 3 aliphatic heterocycles. The fourth-order valence-corrected chi connectivity index (χ4v) is 14.4. The Morgan fingerprint density at radius 1 is 0.880 bits per heavy atom. The molecule has 2 aromatic rings.